The molecule has 3 aliphatic carbocycles. The van der Waals surface area contributed by atoms with Gasteiger partial charge in [0.15, 0.2) is 11.5 Å². The van der Waals surface area contributed by atoms with E-state index in [2.05, 4.69) is 6.07 Å². The summed E-state index contributed by atoms with van der Waals surface area (Å²) in [5.41, 5.74) is 2.16. The number of hydrogen-bond donors (Lipinski definition) is 1. The van der Waals surface area contributed by atoms with Crippen LogP contribution in [0.2, 0.25) is 0 Å². The van der Waals surface area contributed by atoms with Crippen LogP contribution in [0.1, 0.15) is 49.7 Å². The SMILES string of the molecule is COc1ccc2c(c1O)[C@]13CCC[C@H](C2)C1CCC(=O)C3. The van der Waals surface area contributed by atoms with Crippen LogP contribution in [0.25, 0.3) is 0 Å². The Hall–Kier alpha value is -1.51. The third-order valence-electron chi connectivity index (χ3n) is 6.15. The van der Waals surface area contributed by atoms with Gasteiger partial charge in [-0.2, -0.15) is 0 Å². The third-order valence-corrected chi connectivity index (χ3v) is 6.15. The zero-order valence-corrected chi connectivity index (χ0v) is 12.5. The number of benzene rings is 1. The molecule has 21 heavy (non-hydrogen) atoms. The van der Waals surface area contributed by atoms with Gasteiger partial charge >= 0.3 is 0 Å². The van der Waals surface area contributed by atoms with Crippen molar-refractivity contribution in [1.29, 1.82) is 0 Å². The topological polar surface area (TPSA) is 46.5 Å². The summed E-state index contributed by atoms with van der Waals surface area (Å²) in [5.74, 6) is 2.45. The fraction of sp³-hybridized carbons (Fsp3) is 0.611. The summed E-state index contributed by atoms with van der Waals surface area (Å²) in [5, 5.41) is 10.7. The number of hydrogen-bond acceptors (Lipinski definition) is 3. The highest BCUT2D eigenvalue weighted by Gasteiger charge is 2.54. The van der Waals surface area contributed by atoms with Gasteiger partial charge in [-0.25, -0.2) is 0 Å². The van der Waals surface area contributed by atoms with E-state index in [9.17, 15) is 9.90 Å². The summed E-state index contributed by atoms with van der Waals surface area (Å²) >= 11 is 0. The number of Topliss-reactive ketones (excluding diaryl/α,β-unsaturated/α-hetero) is 1. The van der Waals surface area contributed by atoms with Gasteiger partial charge in [-0.3, -0.25) is 4.79 Å². The van der Waals surface area contributed by atoms with Gasteiger partial charge in [0.1, 0.15) is 5.78 Å². The molecule has 3 heteroatoms. The minimum Gasteiger partial charge on any atom is -0.504 e. The van der Waals surface area contributed by atoms with Gasteiger partial charge in [-0.05, 0) is 49.1 Å². The molecule has 2 bridgehead atoms. The standard InChI is InChI=1S/C18H22O3/c1-21-15-7-4-12-9-11-3-2-8-18(16(12)17(15)20)10-13(19)5-6-14(11)18/h4,7,11,14,20H,2-3,5-6,8-10H2,1H3/t11-,14?,18+/m1/s1. The van der Waals surface area contributed by atoms with E-state index in [4.69, 9.17) is 4.74 Å². The molecule has 0 saturated heterocycles. The zero-order valence-electron chi connectivity index (χ0n) is 12.5. The minimum absolute atomic E-state index is 0.121. The Morgan fingerprint density at radius 1 is 1.33 bits per heavy atom. The van der Waals surface area contributed by atoms with Gasteiger partial charge in [-0.1, -0.05) is 12.5 Å². The van der Waals surface area contributed by atoms with Crippen molar-refractivity contribution in [3.05, 3.63) is 23.3 Å². The van der Waals surface area contributed by atoms with Crippen LogP contribution < -0.4 is 4.74 Å². The molecule has 3 nitrogen and oxygen atoms in total. The molecular weight excluding hydrogens is 264 g/mol. The quantitative estimate of drug-likeness (QED) is 0.861. The lowest BCUT2D eigenvalue weighted by Gasteiger charge is -2.55. The van der Waals surface area contributed by atoms with E-state index in [1.807, 2.05) is 6.07 Å². The Morgan fingerprint density at radius 3 is 3.00 bits per heavy atom. The van der Waals surface area contributed by atoms with Crippen LogP contribution in [-0.4, -0.2) is 18.0 Å². The highest BCUT2D eigenvalue weighted by Crippen LogP contribution is 2.60. The second kappa shape index (κ2) is 4.49. The number of carbonyl (C=O) groups is 1. The van der Waals surface area contributed by atoms with E-state index >= 15 is 0 Å². The van der Waals surface area contributed by atoms with Crippen LogP contribution in [0.5, 0.6) is 11.5 Å². The fourth-order valence-electron chi connectivity index (χ4n) is 5.44. The molecule has 1 unspecified atom stereocenters. The lowest BCUT2D eigenvalue weighted by atomic mass is 9.48. The Morgan fingerprint density at radius 2 is 2.19 bits per heavy atom. The largest absolute Gasteiger partial charge is 0.504 e. The number of rotatable bonds is 1. The van der Waals surface area contributed by atoms with E-state index < -0.39 is 0 Å². The number of carbonyl (C=O) groups excluding carboxylic acids is 1. The molecule has 2 saturated carbocycles. The Kier molecular flexibility index (Phi) is 2.82. The van der Waals surface area contributed by atoms with Crippen molar-refractivity contribution >= 4 is 5.78 Å². The number of ether oxygens (including phenoxy) is 1. The molecule has 0 radical (unpaired) electrons. The number of ketones is 1. The van der Waals surface area contributed by atoms with Crippen molar-refractivity contribution in [3.63, 3.8) is 0 Å². The molecule has 1 aromatic carbocycles. The lowest BCUT2D eigenvalue weighted by Crippen LogP contribution is -2.51. The highest BCUT2D eigenvalue weighted by molar-refractivity contribution is 5.82. The summed E-state index contributed by atoms with van der Waals surface area (Å²) < 4.78 is 5.32. The molecule has 1 N–H and O–H groups in total. The van der Waals surface area contributed by atoms with E-state index in [0.717, 1.165) is 31.2 Å². The Bertz CT molecular complexity index is 607. The maximum atomic E-state index is 12.2. The number of phenolic OH excluding ortho intramolecular Hbond substituents is 1. The van der Waals surface area contributed by atoms with E-state index in [0.29, 0.717) is 29.8 Å². The summed E-state index contributed by atoms with van der Waals surface area (Å²) in [4.78, 5) is 12.2. The molecule has 1 aromatic rings. The van der Waals surface area contributed by atoms with Crippen molar-refractivity contribution in [2.75, 3.05) is 7.11 Å². The second-order valence-corrected chi connectivity index (χ2v) is 7.02. The van der Waals surface area contributed by atoms with Gasteiger partial charge in [0.05, 0.1) is 7.11 Å². The normalized spacial score (nSPS) is 34.0. The van der Waals surface area contributed by atoms with Crippen molar-refractivity contribution in [2.24, 2.45) is 11.8 Å². The van der Waals surface area contributed by atoms with Crippen molar-refractivity contribution in [1.82, 2.24) is 0 Å². The molecular formula is C18H22O3. The molecule has 0 amide bonds. The monoisotopic (exact) mass is 286 g/mol. The first-order valence-electron chi connectivity index (χ1n) is 8.07. The summed E-state index contributed by atoms with van der Waals surface area (Å²) in [6.07, 6.45) is 6.86. The first-order valence-corrected chi connectivity index (χ1v) is 8.07. The predicted molar refractivity (Wildman–Crippen MR) is 79.7 cm³/mol. The van der Waals surface area contributed by atoms with Gasteiger partial charge in [-0.15, -0.1) is 0 Å². The summed E-state index contributed by atoms with van der Waals surface area (Å²) in [7, 11) is 1.59. The summed E-state index contributed by atoms with van der Waals surface area (Å²) in [6, 6.07) is 3.97. The molecule has 0 aromatic heterocycles. The van der Waals surface area contributed by atoms with Crippen molar-refractivity contribution < 1.29 is 14.6 Å². The smallest absolute Gasteiger partial charge is 0.161 e. The molecule has 112 valence electrons. The number of aromatic hydroxyl groups is 1. The van der Waals surface area contributed by atoms with Crippen LogP contribution in [0.3, 0.4) is 0 Å². The average molecular weight is 286 g/mol. The molecule has 4 rings (SSSR count). The average Bonchev–Trinajstić information content (AvgIpc) is 2.46. The summed E-state index contributed by atoms with van der Waals surface area (Å²) in [6.45, 7) is 0. The Balaban J connectivity index is 1.95. The van der Waals surface area contributed by atoms with Crippen LogP contribution >= 0.6 is 0 Å². The zero-order chi connectivity index (χ0) is 14.6. The van der Waals surface area contributed by atoms with Crippen molar-refractivity contribution in [2.45, 2.75) is 50.4 Å². The predicted octanol–water partition coefficient (Wildman–Crippen LogP) is 3.36. The molecule has 3 aliphatic rings. The molecule has 0 aliphatic heterocycles. The van der Waals surface area contributed by atoms with Gasteiger partial charge in [0.25, 0.3) is 0 Å². The third kappa shape index (κ3) is 1.69. The van der Waals surface area contributed by atoms with Crippen LogP contribution in [-0.2, 0) is 16.6 Å². The van der Waals surface area contributed by atoms with Crippen LogP contribution in [0.4, 0.5) is 0 Å². The first-order chi connectivity index (χ1) is 10.2. The highest BCUT2D eigenvalue weighted by atomic mass is 16.5. The van der Waals surface area contributed by atoms with Gasteiger partial charge < -0.3 is 9.84 Å². The van der Waals surface area contributed by atoms with Gasteiger partial charge in [0.2, 0.25) is 0 Å². The van der Waals surface area contributed by atoms with Crippen LogP contribution in [0.15, 0.2) is 12.1 Å². The molecule has 0 spiro atoms. The minimum atomic E-state index is -0.121. The van der Waals surface area contributed by atoms with Crippen LogP contribution in [0, 0.1) is 11.8 Å². The van der Waals surface area contributed by atoms with E-state index in [-0.39, 0.29) is 11.2 Å². The lowest BCUT2D eigenvalue weighted by molar-refractivity contribution is -0.125. The first kappa shape index (κ1) is 13.2. The van der Waals surface area contributed by atoms with Crippen molar-refractivity contribution in [3.8, 4) is 11.5 Å². The Labute approximate surface area is 125 Å². The maximum Gasteiger partial charge on any atom is 0.161 e. The van der Waals surface area contributed by atoms with Gasteiger partial charge in [0, 0.05) is 23.8 Å². The second-order valence-electron chi connectivity index (χ2n) is 7.02. The van der Waals surface area contributed by atoms with E-state index in [1.165, 1.54) is 18.4 Å². The number of phenols is 1. The molecule has 2 fully saturated rings. The molecule has 3 atom stereocenters. The van der Waals surface area contributed by atoms with E-state index in [1.54, 1.807) is 7.11 Å². The number of methoxy groups -OCH3 is 1. The maximum absolute atomic E-state index is 12.2. The fourth-order valence-corrected chi connectivity index (χ4v) is 5.44. The number of fused-ring (bicyclic) bond motifs is 1. The molecule has 0 heterocycles.